The van der Waals surface area contributed by atoms with Gasteiger partial charge in [0.2, 0.25) is 0 Å². The Morgan fingerprint density at radius 3 is 2.94 bits per heavy atom. The molecule has 0 bridgehead atoms. The summed E-state index contributed by atoms with van der Waals surface area (Å²) in [5.74, 6) is 0.386. The Labute approximate surface area is 93.4 Å². The summed E-state index contributed by atoms with van der Waals surface area (Å²) in [5.41, 5.74) is 5.14. The molecule has 4 nitrogen and oxygen atoms in total. The molecule has 82 valence electrons. The van der Waals surface area contributed by atoms with Crippen molar-refractivity contribution < 1.29 is 4.79 Å². The van der Waals surface area contributed by atoms with Crippen molar-refractivity contribution in [3.63, 3.8) is 0 Å². The highest BCUT2D eigenvalue weighted by Gasteiger charge is 2.32. The van der Waals surface area contributed by atoms with E-state index in [-0.39, 0.29) is 5.91 Å². The van der Waals surface area contributed by atoms with E-state index in [0.717, 1.165) is 24.2 Å². The zero-order valence-electron chi connectivity index (χ0n) is 8.86. The third-order valence-corrected chi connectivity index (χ3v) is 3.21. The summed E-state index contributed by atoms with van der Waals surface area (Å²) < 4.78 is 0. The lowest BCUT2D eigenvalue weighted by Gasteiger charge is -2.24. The molecule has 1 fully saturated rings. The summed E-state index contributed by atoms with van der Waals surface area (Å²) in [4.78, 5) is 14.7. The minimum Gasteiger partial charge on any atom is -0.362 e. The number of aromatic amines is 1. The topological polar surface area (TPSA) is 57.2 Å². The third-order valence-electron chi connectivity index (χ3n) is 3.21. The van der Waals surface area contributed by atoms with Gasteiger partial charge in [0.15, 0.2) is 0 Å². The Morgan fingerprint density at radius 1 is 1.44 bits per heavy atom. The highest BCUT2D eigenvalue weighted by atomic mass is 16.2. The number of carbonyl (C=O) groups is 1. The SMILES string of the molecule is O=C1NN=C(C2CCC2)C1=Cc1ccc[nH]1. The Morgan fingerprint density at radius 2 is 2.31 bits per heavy atom. The molecule has 1 aromatic heterocycles. The maximum Gasteiger partial charge on any atom is 0.273 e. The van der Waals surface area contributed by atoms with E-state index in [2.05, 4.69) is 15.5 Å². The molecule has 0 spiro atoms. The summed E-state index contributed by atoms with van der Waals surface area (Å²) in [5, 5.41) is 4.14. The van der Waals surface area contributed by atoms with Crippen LogP contribution in [0.1, 0.15) is 25.0 Å². The first-order valence-corrected chi connectivity index (χ1v) is 5.58. The van der Waals surface area contributed by atoms with Crippen LogP contribution in [0, 0.1) is 5.92 Å². The number of carbonyl (C=O) groups excluding carboxylic acids is 1. The summed E-state index contributed by atoms with van der Waals surface area (Å²) in [6.07, 6.45) is 7.26. The van der Waals surface area contributed by atoms with Gasteiger partial charge < -0.3 is 4.98 Å². The maximum absolute atomic E-state index is 11.6. The quantitative estimate of drug-likeness (QED) is 0.724. The molecule has 0 atom stereocenters. The monoisotopic (exact) mass is 215 g/mol. The summed E-state index contributed by atoms with van der Waals surface area (Å²) in [6, 6.07) is 3.86. The molecule has 1 saturated carbocycles. The molecule has 0 saturated heterocycles. The van der Waals surface area contributed by atoms with Crippen molar-refractivity contribution in [3.05, 3.63) is 29.6 Å². The zero-order valence-corrected chi connectivity index (χ0v) is 8.86. The van der Waals surface area contributed by atoms with Gasteiger partial charge in [0, 0.05) is 17.8 Å². The van der Waals surface area contributed by atoms with E-state index in [1.54, 1.807) is 0 Å². The van der Waals surface area contributed by atoms with Crippen LogP contribution in [0.5, 0.6) is 0 Å². The van der Waals surface area contributed by atoms with Gasteiger partial charge >= 0.3 is 0 Å². The highest BCUT2D eigenvalue weighted by molar-refractivity contribution is 6.28. The van der Waals surface area contributed by atoms with Crippen LogP contribution >= 0.6 is 0 Å². The lowest BCUT2D eigenvalue weighted by Crippen LogP contribution is -2.23. The van der Waals surface area contributed by atoms with Gasteiger partial charge in [-0.25, -0.2) is 5.43 Å². The zero-order chi connectivity index (χ0) is 11.0. The van der Waals surface area contributed by atoms with Gasteiger partial charge in [0.1, 0.15) is 0 Å². The molecule has 1 aliphatic carbocycles. The number of hydrazone groups is 1. The highest BCUT2D eigenvalue weighted by Crippen LogP contribution is 2.32. The standard InChI is InChI=1S/C12H13N3O/c16-12-10(7-9-5-2-6-13-9)11(14-15-12)8-3-1-4-8/h2,5-8,13H,1,3-4H2,(H,15,16). The fourth-order valence-electron chi connectivity index (χ4n) is 2.07. The van der Waals surface area contributed by atoms with Crippen molar-refractivity contribution in [1.29, 1.82) is 0 Å². The minimum absolute atomic E-state index is 0.0866. The first-order valence-electron chi connectivity index (χ1n) is 5.58. The van der Waals surface area contributed by atoms with Crippen LogP contribution in [-0.2, 0) is 4.79 Å². The van der Waals surface area contributed by atoms with Crippen LogP contribution in [0.2, 0.25) is 0 Å². The second kappa shape index (κ2) is 3.63. The van der Waals surface area contributed by atoms with E-state index in [0.29, 0.717) is 11.5 Å². The first kappa shape index (κ1) is 9.39. The Bertz CT molecular complexity index is 466. The second-order valence-electron chi connectivity index (χ2n) is 4.25. The van der Waals surface area contributed by atoms with Crippen LogP contribution in [0.15, 0.2) is 29.0 Å². The molecular formula is C12H13N3O. The molecule has 3 rings (SSSR count). The fourth-order valence-corrected chi connectivity index (χ4v) is 2.07. The number of nitrogens with zero attached hydrogens (tertiary/aromatic N) is 1. The molecule has 16 heavy (non-hydrogen) atoms. The smallest absolute Gasteiger partial charge is 0.273 e. The number of nitrogens with one attached hydrogen (secondary N) is 2. The molecule has 2 aliphatic rings. The minimum atomic E-state index is -0.0866. The first-order chi connectivity index (χ1) is 7.84. The Kier molecular flexibility index (Phi) is 2.13. The van der Waals surface area contributed by atoms with Crippen LogP contribution < -0.4 is 5.43 Å². The molecule has 0 radical (unpaired) electrons. The summed E-state index contributed by atoms with van der Waals surface area (Å²) in [7, 11) is 0. The van der Waals surface area contributed by atoms with Gasteiger partial charge in [-0.3, -0.25) is 4.79 Å². The number of rotatable bonds is 2. The van der Waals surface area contributed by atoms with Gasteiger partial charge in [-0.1, -0.05) is 6.42 Å². The molecule has 4 heteroatoms. The number of H-pyrrole nitrogens is 1. The van der Waals surface area contributed by atoms with Gasteiger partial charge in [0.05, 0.1) is 11.3 Å². The van der Waals surface area contributed by atoms with E-state index in [4.69, 9.17) is 0 Å². The molecule has 1 aromatic rings. The molecule has 1 amide bonds. The predicted molar refractivity (Wildman–Crippen MR) is 61.7 cm³/mol. The molecule has 1 aliphatic heterocycles. The second-order valence-corrected chi connectivity index (χ2v) is 4.25. The van der Waals surface area contributed by atoms with E-state index < -0.39 is 0 Å². The van der Waals surface area contributed by atoms with Crippen LogP contribution in [0.25, 0.3) is 6.08 Å². The van der Waals surface area contributed by atoms with Crippen LogP contribution in [-0.4, -0.2) is 16.6 Å². The third kappa shape index (κ3) is 1.46. The average molecular weight is 215 g/mol. The van der Waals surface area contributed by atoms with Crippen molar-refractivity contribution in [1.82, 2.24) is 10.4 Å². The van der Waals surface area contributed by atoms with Crippen molar-refractivity contribution in [2.75, 3.05) is 0 Å². The number of aromatic nitrogens is 1. The van der Waals surface area contributed by atoms with Crippen molar-refractivity contribution in [2.45, 2.75) is 19.3 Å². The van der Waals surface area contributed by atoms with E-state index in [1.165, 1.54) is 6.42 Å². The van der Waals surface area contributed by atoms with E-state index >= 15 is 0 Å². The Balaban J connectivity index is 1.91. The van der Waals surface area contributed by atoms with Crippen molar-refractivity contribution >= 4 is 17.7 Å². The van der Waals surface area contributed by atoms with Gasteiger partial charge in [-0.05, 0) is 31.1 Å². The van der Waals surface area contributed by atoms with Gasteiger partial charge in [-0.2, -0.15) is 5.10 Å². The van der Waals surface area contributed by atoms with Crippen LogP contribution in [0.4, 0.5) is 0 Å². The van der Waals surface area contributed by atoms with Crippen LogP contribution in [0.3, 0.4) is 0 Å². The normalized spacial score (nSPS) is 23.1. The molecule has 0 aromatic carbocycles. The number of hydrogen-bond acceptors (Lipinski definition) is 2. The molecule has 2 N–H and O–H groups in total. The summed E-state index contributed by atoms with van der Waals surface area (Å²) in [6.45, 7) is 0. The largest absolute Gasteiger partial charge is 0.362 e. The lowest BCUT2D eigenvalue weighted by atomic mass is 9.79. The summed E-state index contributed by atoms with van der Waals surface area (Å²) >= 11 is 0. The van der Waals surface area contributed by atoms with E-state index in [1.807, 2.05) is 24.4 Å². The predicted octanol–water partition coefficient (Wildman–Crippen LogP) is 1.68. The maximum atomic E-state index is 11.6. The average Bonchev–Trinajstić information content (AvgIpc) is 2.80. The molecular weight excluding hydrogens is 202 g/mol. The van der Waals surface area contributed by atoms with Gasteiger partial charge in [-0.15, -0.1) is 0 Å². The number of hydrogen-bond donors (Lipinski definition) is 2. The number of amides is 1. The molecule has 0 unspecified atom stereocenters. The lowest BCUT2D eigenvalue weighted by molar-refractivity contribution is -0.116. The van der Waals surface area contributed by atoms with E-state index in [9.17, 15) is 4.79 Å². The van der Waals surface area contributed by atoms with Gasteiger partial charge in [0.25, 0.3) is 5.91 Å². The van der Waals surface area contributed by atoms with Crippen molar-refractivity contribution in [3.8, 4) is 0 Å². The fraction of sp³-hybridized carbons (Fsp3) is 0.333. The Hall–Kier alpha value is -1.84. The molecule has 2 heterocycles. The van der Waals surface area contributed by atoms with Crippen molar-refractivity contribution in [2.24, 2.45) is 11.0 Å².